The van der Waals surface area contributed by atoms with Crippen molar-refractivity contribution in [1.29, 1.82) is 0 Å². The molecule has 0 radical (unpaired) electrons. The molecule has 0 spiro atoms. The van der Waals surface area contributed by atoms with Gasteiger partial charge in [-0.2, -0.15) is 0 Å². The molecule has 154 valence electrons. The highest BCUT2D eigenvalue weighted by molar-refractivity contribution is 5.89. The molecule has 0 N–H and O–H groups in total. The summed E-state index contributed by atoms with van der Waals surface area (Å²) in [6.45, 7) is 0.237. The quantitative estimate of drug-likeness (QED) is 0.657. The molecule has 0 aliphatic carbocycles. The lowest BCUT2D eigenvalue weighted by atomic mass is 10.1. The first-order chi connectivity index (χ1) is 13.9. The number of benzene rings is 2. The zero-order valence-corrected chi connectivity index (χ0v) is 15.6. The van der Waals surface area contributed by atoms with Gasteiger partial charge in [-0.15, -0.1) is 0 Å². The average Bonchev–Trinajstić information content (AvgIpc) is 2.94. The van der Waals surface area contributed by atoms with Crippen LogP contribution in [-0.4, -0.2) is 43.0 Å². The summed E-state index contributed by atoms with van der Waals surface area (Å²) in [5.41, 5.74) is 0.894. The number of hydrogen-bond acceptors (Lipinski definition) is 6. The van der Waals surface area contributed by atoms with E-state index >= 15 is 0 Å². The number of ether oxygens (including phenoxy) is 4. The predicted octanol–water partition coefficient (Wildman–Crippen LogP) is 3.35. The van der Waals surface area contributed by atoms with Crippen LogP contribution in [0.25, 0.3) is 0 Å². The standard InChI is InChI=1S/C21H20F2O6/c1-14(24)28-20-18(26-12-15-8-4-2-5-9-15)21(22,23)17(29-20)13-27-19(25)16-10-6-3-7-11-16/h2-11,17-18,20H,12-13H2,1H3/t17-,18-,20?/m1/s1. The van der Waals surface area contributed by atoms with E-state index in [0.717, 1.165) is 6.92 Å². The molecule has 1 heterocycles. The van der Waals surface area contributed by atoms with Crippen molar-refractivity contribution in [1.82, 2.24) is 0 Å². The molecular formula is C21H20F2O6. The summed E-state index contributed by atoms with van der Waals surface area (Å²) < 4.78 is 50.2. The summed E-state index contributed by atoms with van der Waals surface area (Å²) in [4.78, 5) is 23.3. The maximum Gasteiger partial charge on any atom is 0.338 e. The Bertz CT molecular complexity index is 828. The lowest BCUT2D eigenvalue weighted by Crippen LogP contribution is -2.44. The van der Waals surface area contributed by atoms with Crippen molar-refractivity contribution in [3.63, 3.8) is 0 Å². The van der Waals surface area contributed by atoms with Gasteiger partial charge in [-0.3, -0.25) is 4.79 Å². The van der Waals surface area contributed by atoms with Crippen LogP contribution >= 0.6 is 0 Å². The van der Waals surface area contributed by atoms with Gasteiger partial charge in [0.15, 0.2) is 12.2 Å². The minimum atomic E-state index is -3.55. The van der Waals surface area contributed by atoms with Gasteiger partial charge in [-0.25, -0.2) is 13.6 Å². The van der Waals surface area contributed by atoms with E-state index in [4.69, 9.17) is 18.9 Å². The van der Waals surface area contributed by atoms with Crippen LogP contribution in [0.15, 0.2) is 60.7 Å². The van der Waals surface area contributed by atoms with Gasteiger partial charge in [0.25, 0.3) is 0 Å². The molecule has 2 aromatic carbocycles. The maximum atomic E-state index is 14.9. The Balaban J connectivity index is 1.67. The molecule has 1 fully saturated rings. The monoisotopic (exact) mass is 406 g/mol. The molecule has 29 heavy (non-hydrogen) atoms. The van der Waals surface area contributed by atoms with E-state index in [0.29, 0.717) is 5.56 Å². The molecule has 6 nitrogen and oxygen atoms in total. The third-order valence-electron chi connectivity index (χ3n) is 4.28. The number of hydrogen-bond donors (Lipinski definition) is 0. The summed E-state index contributed by atoms with van der Waals surface area (Å²) in [5, 5.41) is 0. The van der Waals surface area contributed by atoms with Crippen molar-refractivity contribution < 1.29 is 37.3 Å². The fourth-order valence-corrected chi connectivity index (χ4v) is 2.85. The van der Waals surface area contributed by atoms with E-state index in [1.54, 1.807) is 48.5 Å². The molecule has 3 rings (SSSR count). The molecule has 0 aromatic heterocycles. The number of alkyl halides is 2. The molecule has 0 bridgehead atoms. The summed E-state index contributed by atoms with van der Waals surface area (Å²) >= 11 is 0. The van der Waals surface area contributed by atoms with Crippen molar-refractivity contribution in [2.45, 2.75) is 38.0 Å². The van der Waals surface area contributed by atoms with Gasteiger partial charge in [0.2, 0.25) is 6.29 Å². The summed E-state index contributed by atoms with van der Waals surface area (Å²) in [5.74, 6) is -5.10. The van der Waals surface area contributed by atoms with E-state index < -0.39 is 43.0 Å². The van der Waals surface area contributed by atoms with Crippen LogP contribution in [0.4, 0.5) is 8.78 Å². The van der Waals surface area contributed by atoms with Gasteiger partial charge >= 0.3 is 17.9 Å². The average molecular weight is 406 g/mol. The molecule has 0 saturated carbocycles. The number of carbonyl (C=O) groups is 2. The zero-order chi connectivity index (χ0) is 20.9. The van der Waals surface area contributed by atoms with Crippen LogP contribution < -0.4 is 0 Å². The van der Waals surface area contributed by atoms with E-state index in [2.05, 4.69) is 0 Å². The Labute approximate surface area is 166 Å². The summed E-state index contributed by atoms with van der Waals surface area (Å²) in [7, 11) is 0. The van der Waals surface area contributed by atoms with Crippen molar-refractivity contribution in [2.24, 2.45) is 0 Å². The first-order valence-corrected chi connectivity index (χ1v) is 8.96. The largest absolute Gasteiger partial charge is 0.459 e. The number of halogens is 2. The van der Waals surface area contributed by atoms with Crippen LogP contribution in [0.5, 0.6) is 0 Å². The third-order valence-corrected chi connectivity index (χ3v) is 4.28. The van der Waals surface area contributed by atoms with Gasteiger partial charge in [-0.1, -0.05) is 48.5 Å². The molecule has 1 unspecified atom stereocenters. The van der Waals surface area contributed by atoms with Gasteiger partial charge in [0.1, 0.15) is 6.61 Å². The zero-order valence-electron chi connectivity index (χ0n) is 15.6. The van der Waals surface area contributed by atoms with Crippen molar-refractivity contribution in [3.05, 3.63) is 71.8 Å². The van der Waals surface area contributed by atoms with E-state index in [1.165, 1.54) is 12.1 Å². The lowest BCUT2D eigenvalue weighted by molar-refractivity contribution is -0.196. The second kappa shape index (κ2) is 9.11. The Hall–Kier alpha value is -2.84. The van der Waals surface area contributed by atoms with Crippen molar-refractivity contribution in [3.8, 4) is 0 Å². The normalized spacial score (nSPS) is 22.8. The van der Waals surface area contributed by atoms with Gasteiger partial charge in [0.05, 0.1) is 12.2 Å². The maximum absolute atomic E-state index is 14.9. The first-order valence-electron chi connectivity index (χ1n) is 8.96. The summed E-state index contributed by atoms with van der Waals surface area (Å²) in [6, 6.07) is 16.7. The van der Waals surface area contributed by atoms with Gasteiger partial charge in [0, 0.05) is 6.92 Å². The van der Waals surface area contributed by atoms with Crippen molar-refractivity contribution in [2.75, 3.05) is 6.61 Å². The topological polar surface area (TPSA) is 71.1 Å². The molecule has 1 aliphatic heterocycles. The first kappa shape index (κ1) is 20.9. The van der Waals surface area contributed by atoms with Gasteiger partial charge < -0.3 is 18.9 Å². The third kappa shape index (κ3) is 5.16. The molecular weight excluding hydrogens is 386 g/mol. The highest BCUT2D eigenvalue weighted by atomic mass is 19.3. The minimum Gasteiger partial charge on any atom is -0.459 e. The van der Waals surface area contributed by atoms with Crippen LogP contribution in [-0.2, 0) is 30.3 Å². The van der Waals surface area contributed by atoms with Crippen LogP contribution in [0, 0.1) is 0 Å². The molecule has 1 saturated heterocycles. The molecule has 8 heteroatoms. The lowest BCUT2D eigenvalue weighted by Gasteiger charge is -2.23. The Morgan fingerprint density at radius 1 is 1.03 bits per heavy atom. The van der Waals surface area contributed by atoms with Crippen LogP contribution in [0.1, 0.15) is 22.8 Å². The molecule has 0 amide bonds. The molecule has 2 aromatic rings. The van der Waals surface area contributed by atoms with E-state index in [9.17, 15) is 18.4 Å². The Kier molecular flexibility index (Phi) is 6.56. The highest BCUT2D eigenvalue weighted by Gasteiger charge is 2.61. The second-order valence-corrected chi connectivity index (χ2v) is 6.46. The fourth-order valence-electron chi connectivity index (χ4n) is 2.85. The van der Waals surface area contributed by atoms with E-state index in [1.807, 2.05) is 0 Å². The predicted molar refractivity (Wildman–Crippen MR) is 97.1 cm³/mol. The fraction of sp³-hybridized carbons (Fsp3) is 0.333. The van der Waals surface area contributed by atoms with Gasteiger partial charge in [-0.05, 0) is 17.7 Å². The van der Waals surface area contributed by atoms with Crippen molar-refractivity contribution >= 4 is 11.9 Å². The SMILES string of the molecule is CC(=O)OC1O[C@H](COC(=O)c2ccccc2)C(F)(F)[C@@H]1OCc1ccccc1. The van der Waals surface area contributed by atoms with Crippen LogP contribution in [0.2, 0.25) is 0 Å². The molecule has 3 atom stereocenters. The smallest absolute Gasteiger partial charge is 0.338 e. The number of rotatable bonds is 7. The Morgan fingerprint density at radius 2 is 1.66 bits per heavy atom. The molecule has 1 aliphatic rings. The number of carbonyl (C=O) groups excluding carboxylic acids is 2. The minimum absolute atomic E-state index is 0.126. The van der Waals surface area contributed by atoms with Crippen LogP contribution in [0.3, 0.4) is 0 Å². The highest BCUT2D eigenvalue weighted by Crippen LogP contribution is 2.39. The number of esters is 2. The Morgan fingerprint density at radius 3 is 2.28 bits per heavy atom. The second-order valence-electron chi connectivity index (χ2n) is 6.46. The van der Waals surface area contributed by atoms with E-state index in [-0.39, 0.29) is 12.2 Å². The summed E-state index contributed by atoms with van der Waals surface area (Å²) in [6.07, 6.45) is -5.28.